The van der Waals surface area contributed by atoms with Crippen LogP contribution in [-0.4, -0.2) is 40.8 Å². The summed E-state index contributed by atoms with van der Waals surface area (Å²) in [7, 11) is 2.95. The van der Waals surface area contributed by atoms with Gasteiger partial charge < -0.3 is 0 Å². The summed E-state index contributed by atoms with van der Waals surface area (Å²) < 4.78 is 13.5. The zero-order valence-corrected chi connectivity index (χ0v) is 11.2. The zero-order valence-electron chi connectivity index (χ0n) is 10.4. The number of hydrogen-bond acceptors (Lipinski definition) is 3. The second-order valence-electron chi connectivity index (χ2n) is 4.09. The third-order valence-electron chi connectivity index (χ3n) is 2.85. The molecule has 1 aromatic rings. The average molecular weight is 278 g/mol. The van der Waals surface area contributed by atoms with E-state index in [9.17, 15) is 14.0 Å². The Hall–Kier alpha value is -2.08. The first-order valence-corrected chi connectivity index (χ1v) is 5.90. The summed E-state index contributed by atoms with van der Waals surface area (Å²) in [6.07, 6.45) is 1.24. The highest BCUT2D eigenvalue weighted by Crippen LogP contribution is 2.19. The largest absolute Gasteiger partial charge is 0.288 e. The molecule has 0 radical (unpaired) electrons. The van der Waals surface area contributed by atoms with Crippen LogP contribution < -0.4 is 0 Å². The molecule has 1 aliphatic heterocycles. The predicted octanol–water partition coefficient (Wildman–Crippen LogP) is 1.42. The minimum atomic E-state index is -0.531. The lowest BCUT2D eigenvalue weighted by Crippen LogP contribution is -2.52. The van der Waals surface area contributed by atoms with Gasteiger partial charge in [-0.2, -0.15) is 0 Å². The highest BCUT2D eigenvalue weighted by molar-refractivity contribution is 7.80. The maximum Gasteiger partial charge on any atom is 0.265 e. The molecule has 98 valence electrons. The Bertz CT molecular complexity index is 586. The Kier molecular flexibility index (Phi) is 3.44. The molecule has 0 N–H and O–H groups in total. The SMILES string of the molecule is CN1C(=O)C(=Cc2ccccc2F)C(=O)N(C)C1=S. The van der Waals surface area contributed by atoms with E-state index in [0.29, 0.717) is 0 Å². The van der Waals surface area contributed by atoms with Crippen LogP contribution in [0.25, 0.3) is 6.08 Å². The Labute approximate surface area is 115 Å². The standard InChI is InChI=1S/C13H11FN2O2S/c1-15-11(17)9(12(18)16(2)13(15)19)7-8-5-3-4-6-10(8)14/h3-7H,1-2H3. The van der Waals surface area contributed by atoms with Gasteiger partial charge in [0.15, 0.2) is 5.11 Å². The zero-order chi connectivity index (χ0) is 14.2. The molecule has 1 heterocycles. The summed E-state index contributed by atoms with van der Waals surface area (Å²) in [6, 6.07) is 5.93. The van der Waals surface area contributed by atoms with Crippen molar-refractivity contribution in [3.05, 3.63) is 41.2 Å². The molecular weight excluding hydrogens is 267 g/mol. The Morgan fingerprint density at radius 2 is 1.63 bits per heavy atom. The van der Waals surface area contributed by atoms with Gasteiger partial charge in [0.05, 0.1) is 0 Å². The number of rotatable bonds is 1. The molecule has 0 atom stereocenters. The first-order valence-electron chi connectivity index (χ1n) is 5.49. The molecule has 1 saturated heterocycles. The third kappa shape index (κ3) is 2.26. The molecule has 1 aliphatic rings. The molecule has 1 fully saturated rings. The molecule has 0 aromatic heterocycles. The summed E-state index contributed by atoms with van der Waals surface area (Å²) in [5.74, 6) is -1.55. The maximum absolute atomic E-state index is 13.5. The van der Waals surface area contributed by atoms with E-state index in [1.54, 1.807) is 6.07 Å². The highest BCUT2D eigenvalue weighted by Gasteiger charge is 2.35. The van der Waals surface area contributed by atoms with Gasteiger partial charge in [0.25, 0.3) is 11.8 Å². The predicted molar refractivity (Wildman–Crippen MR) is 72.5 cm³/mol. The monoisotopic (exact) mass is 278 g/mol. The van der Waals surface area contributed by atoms with Crippen LogP contribution in [0.4, 0.5) is 4.39 Å². The van der Waals surface area contributed by atoms with Gasteiger partial charge in [-0.15, -0.1) is 0 Å². The van der Waals surface area contributed by atoms with Crippen LogP contribution in [0.15, 0.2) is 29.8 Å². The second kappa shape index (κ2) is 4.89. The first-order chi connectivity index (χ1) is 8.93. The number of hydrogen-bond donors (Lipinski definition) is 0. The van der Waals surface area contributed by atoms with Crippen LogP contribution in [0.1, 0.15) is 5.56 Å². The van der Waals surface area contributed by atoms with Crippen LogP contribution in [0, 0.1) is 5.82 Å². The number of likely N-dealkylation sites (N-methyl/N-ethyl adjacent to an activating group) is 2. The van der Waals surface area contributed by atoms with Gasteiger partial charge in [0, 0.05) is 19.7 Å². The first kappa shape index (κ1) is 13.4. The summed E-state index contributed by atoms with van der Waals surface area (Å²) >= 11 is 4.96. The van der Waals surface area contributed by atoms with Crippen LogP contribution in [0.3, 0.4) is 0 Å². The van der Waals surface area contributed by atoms with Crippen LogP contribution in [0.2, 0.25) is 0 Å². The van der Waals surface area contributed by atoms with Crippen molar-refractivity contribution < 1.29 is 14.0 Å². The molecule has 0 aliphatic carbocycles. The lowest BCUT2D eigenvalue weighted by molar-refractivity contribution is -0.132. The Balaban J connectivity index is 2.49. The molecule has 2 amide bonds. The van der Waals surface area contributed by atoms with Gasteiger partial charge in [0.2, 0.25) is 0 Å². The Morgan fingerprint density at radius 1 is 1.11 bits per heavy atom. The topological polar surface area (TPSA) is 40.6 Å². The van der Waals surface area contributed by atoms with Gasteiger partial charge in [-0.1, -0.05) is 18.2 Å². The number of benzene rings is 1. The van der Waals surface area contributed by atoms with E-state index in [1.807, 2.05) is 0 Å². The van der Waals surface area contributed by atoms with Crippen LogP contribution in [-0.2, 0) is 9.59 Å². The van der Waals surface area contributed by atoms with E-state index in [2.05, 4.69) is 0 Å². The Morgan fingerprint density at radius 3 is 2.16 bits per heavy atom. The van der Waals surface area contributed by atoms with Crippen molar-refractivity contribution in [2.75, 3.05) is 14.1 Å². The van der Waals surface area contributed by atoms with Gasteiger partial charge in [-0.3, -0.25) is 19.4 Å². The molecule has 6 heteroatoms. The van der Waals surface area contributed by atoms with Crippen LogP contribution in [0.5, 0.6) is 0 Å². The molecule has 0 saturated carbocycles. The van der Waals surface area contributed by atoms with Gasteiger partial charge in [0.1, 0.15) is 11.4 Å². The molecule has 19 heavy (non-hydrogen) atoms. The summed E-state index contributed by atoms with van der Waals surface area (Å²) in [5, 5.41) is 0.126. The molecule has 0 spiro atoms. The van der Waals surface area contributed by atoms with E-state index < -0.39 is 17.6 Å². The second-order valence-corrected chi connectivity index (χ2v) is 4.46. The molecule has 0 bridgehead atoms. The van der Waals surface area contributed by atoms with Crippen molar-refractivity contribution in [1.82, 2.24) is 9.80 Å². The fourth-order valence-electron chi connectivity index (χ4n) is 1.72. The summed E-state index contributed by atoms with van der Waals surface area (Å²) in [6.45, 7) is 0. The van der Waals surface area contributed by atoms with Crippen molar-refractivity contribution in [2.24, 2.45) is 0 Å². The van der Waals surface area contributed by atoms with Crippen molar-refractivity contribution in [3.63, 3.8) is 0 Å². The number of carbonyl (C=O) groups excluding carboxylic acids is 2. The quantitative estimate of drug-likeness (QED) is 0.443. The molecule has 0 unspecified atom stereocenters. The lowest BCUT2D eigenvalue weighted by atomic mass is 10.1. The minimum absolute atomic E-state index is 0.108. The minimum Gasteiger partial charge on any atom is -0.288 e. The van der Waals surface area contributed by atoms with Gasteiger partial charge >= 0.3 is 0 Å². The third-order valence-corrected chi connectivity index (χ3v) is 3.40. The maximum atomic E-state index is 13.5. The van der Waals surface area contributed by atoms with Crippen molar-refractivity contribution in [1.29, 1.82) is 0 Å². The number of halogens is 1. The fraction of sp³-hybridized carbons (Fsp3) is 0.154. The number of nitrogens with zero attached hydrogens (tertiary/aromatic N) is 2. The number of amides is 2. The molecule has 4 nitrogen and oxygen atoms in total. The van der Waals surface area contributed by atoms with Gasteiger partial charge in [-0.25, -0.2) is 4.39 Å². The lowest BCUT2D eigenvalue weighted by Gasteiger charge is -2.31. The number of carbonyl (C=O) groups is 2. The van der Waals surface area contributed by atoms with E-state index in [4.69, 9.17) is 12.2 Å². The molecular formula is C13H11FN2O2S. The van der Waals surface area contributed by atoms with E-state index in [-0.39, 0.29) is 16.2 Å². The fourth-order valence-corrected chi connectivity index (χ4v) is 1.89. The average Bonchev–Trinajstić information content (AvgIpc) is 2.41. The summed E-state index contributed by atoms with van der Waals surface area (Å²) in [5.41, 5.74) is 0.0810. The highest BCUT2D eigenvalue weighted by atomic mass is 32.1. The molecule has 2 rings (SSSR count). The smallest absolute Gasteiger partial charge is 0.265 e. The van der Waals surface area contributed by atoms with Crippen molar-refractivity contribution in [3.8, 4) is 0 Å². The summed E-state index contributed by atoms with van der Waals surface area (Å²) in [4.78, 5) is 26.4. The van der Waals surface area contributed by atoms with Crippen LogP contribution >= 0.6 is 12.2 Å². The van der Waals surface area contributed by atoms with Gasteiger partial charge in [-0.05, 0) is 24.4 Å². The van der Waals surface area contributed by atoms with E-state index in [0.717, 1.165) is 0 Å². The van der Waals surface area contributed by atoms with E-state index in [1.165, 1.54) is 48.2 Å². The molecule has 1 aromatic carbocycles. The number of thiocarbonyl (C=S) groups is 1. The van der Waals surface area contributed by atoms with E-state index >= 15 is 0 Å². The van der Waals surface area contributed by atoms with Crippen molar-refractivity contribution in [2.45, 2.75) is 0 Å². The normalized spacial score (nSPS) is 16.2. The van der Waals surface area contributed by atoms with Crippen molar-refractivity contribution >= 4 is 35.2 Å².